The van der Waals surface area contributed by atoms with Gasteiger partial charge in [-0.1, -0.05) is 6.07 Å². The van der Waals surface area contributed by atoms with E-state index < -0.39 is 0 Å². The van der Waals surface area contributed by atoms with E-state index in [4.69, 9.17) is 10.5 Å². The molecule has 1 aromatic heterocycles. The van der Waals surface area contributed by atoms with Crippen molar-refractivity contribution in [3.8, 4) is 5.75 Å². The van der Waals surface area contributed by atoms with E-state index in [1.165, 1.54) is 0 Å². The molecule has 0 aliphatic heterocycles. The molecule has 0 atom stereocenters. The number of thioether (sulfide) groups is 1. The number of nitrogen functional groups attached to an aromatic ring is 1. The molecule has 88 valence electrons. The van der Waals surface area contributed by atoms with E-state index in [2.05, 4.69) is 4.98 Å². The van der Waals surface area contributed by atoms with Gasteiger partial charge in [0.15, 0.2) is 0 Å². The SMILES string of the molecule is COc1cc(N)ccc1SCc1ccccn1. The average Bonchev–Trinajstić information content (AvgIpc) is 2.38. The summed E-state index contributed by atoms with van der Waals surface area (Å²) in [5.41, 5.74) is 7.47. The maximum atomic E-state index is 5.71. The van der Waals surface area contributed by atoms with Crippen molar-refractivity contribution < 1.29 is 4.74 Å². The molecule has 1 heterocycles. The molecule has 0 bridgehead atoms. The maximum absolute atomic E-state index is 5.71. The summed E-state index contributed by atoms with van der Waals surface area (Å²) in [7, 11) is 1.65. The number of benzene rings is 1. The minimum atomic E-state index is 0.712. The van der Waals surface area contributed by atoms with Crippen LogP contribution < -0.4 is 10.5 Å². The summed E-state index contributed by atoms with van der Waals surface area (Å²) in [5, 5.41) is 0. The van der Waals surface area contributed by atoms with E-state index in [9.17, 15) is 0 Å². The second-order valence-corrected chi connectivity index (χ2v) is 4.54. The Morgan fingerprint density at radius 2 is 2.18 bits per heavy atom. The molecule has 0 amide bonds. The van der Waals surface area contributed by atoms with Gasteiger partial charge in [-0.05, 0) is 24.3 Å². The van der Waals surface area contributed by atoms with Crippen LogP contribution in [0.4, 0.5) is 5.69 Å². The molecule has 0 spiro atoms. The molecule has 17 heavy (non-hydrogen) atoms. The molecule has 0 radical (unpaired) electrons. The van der Waals surface area contributed by atoms with Gasteiger partial charge in [0.1, 0.15) is 5.75 Å². The lowest BCUT2D eigenvalue weighted by Crippen LogP contribution is -1.91. The fourth-order valence-electron chi connectivity index (χ4n) is 1.44. The van der Waals surface area contributed by atoms with Crippen LogP contribution in [-0.4, -0.2) is 12.1 Å². The lowest BCUT2D eigenvalue weighted by Gasteiger charge is -2.08. The van der Waals surface area contributed by atoms with E-state index in [1.807, 2.05) is 36.4 Å². The van der Waals surface area contributed by atoms with Crippen LogP contribution in [0.15, 0.2) is 47.5 Å². The van der Waals surface area contributed by atoms with Gasteiger partial charge < -0.3 is 10.5 Å². The third-order valence-electron chi connectivity index (χ3n) is 2.29. The Kier molecular flexibility index (Phi) is 3.88. The highest BCUT2D eigenvalue weighted by molar-refractivity contribution is 7.98. The Labute approximate surface area is 105 Å². The van der Waals surface area contributed by atoms with Gasteiger partial charge in [0.25, 0.3) is 0 Å². The van der Waals surface area contributed by atoms with Gasteiger partial charge >= 0.3 is 0 Å². The molecular weight excluding hydrogens is 232 g/mol. The lowest BCUT2D eigenvalue weighted by molar-refractivity contribution is 0.405. The van der Waals surface area contributed by atoms with Crippen molar-refractivity contribution in [2.75, 3.05) is 12.8 Å². The average molecular weight is 246 g/mol. The number of pyridine rings is 1. The molecule has 0 aliphatic rings. The van der Waals surface area contributed by atoms with Crippen LogP contribution >= 0.6 is 11.8 Å². The number of ether oxygens (including phenoxy) is 1. The number of nitrogens with zero attached hydrogens (tertiary/aromatic N) is 1. The fourth-order valence-corrected chi connectivity index (χ4v) is 2.36. The molecule has 2 N–H and O–H groups in total. The summed E-state index contributed by atoms with van der Waals surface area (Å²) < 4.78 is 5.29. The zero-order chi connectivity index (χ0) is 12.1. The summed E-state index contributed by atoms with van der Waals surface area (Å²) >= 11 is 1.69. The molecule has 1 aromatic carbocycles. The van der Waals surface area contributed by atoms with Crippen molar-refractivity contribution in [1.82, 2.24) is 4.98 Å². The summed E-state index contributed by atoms with van der Waals surface area (Å²) in [4.78, 5) is 5.36. The topological polar surface area (TPSA) is 48.1 Å². The van der Waals surface area contributed by atoms with E-state index in [-0.39, 0.29) is 0 Å². The Hall–Kier alpha value is -1.68. The normalized spacial score (nSPS) is 10.2. The zero-order valence-corrected chi connectivity index (χ0v) is 10.4. The highest BCUT2D eigenvalue weighted by atomic mass is 32.2. The number of anilines is 1. The number of hydrogen-bond acceptors (Lipinski definition) is 4. The Morgan fingerprint density at radius 3 is 2.88 bits per heavy atom. The quantitative estimate of drug-likeness (QED) is 0.665. The largest absolute Gasteiger partial charge is 0.496 e. The van der Waals surface area contributed by atoms with Crippen LogP contribution in [0, 0.1) is 0 Å². The van der Waals surface area contributed by atoms with Gasteiger partial charge in [0, 0.05) is 28.6 Å². The van der Waals surface area contributed by atoms with E-state index in [1.54, 1.807) is 25.1 Å². The van der Waals surface area contributed by atoms with Crippen molar-refractivity contribution in [3.63, 3.8) is 0 Å². The first-order valence-electron chi connectivity index (χ1n) is 5.26. The third kappa shape index (κ3) is 3.14. The van der Waals surface area contributed by atoms with E-state index >= 15 is 0 Å². The standard InChI is InChI=1S/C13H14N2OS/c1-16-12-8-10(14)5-6-13(12)17-9-11-4-2-3-7-15-11/h2-8H,9,14H2,1H3. The first kappa shape index (κ1) is 11.8. The molecule has 4 heteroatoms. The second-order valence-electron chi connectivity index (χ2n) is 3.52. The molecule has 0 saturated carbocycles. The van der Waals surface area contributed by atoms with Crippen LogP contribution in [0.25, 0.3) is 0 Å². The van der Waals surface area contributed by atoms with E-state index in [0.717, 1.165) is 22.1 Å². The fraction of sp³-hybridized carbons (Fsp3) is 0.154. The molecule has 3 nitrogen and oxygen atoms in total. The molecule has 0 unspecified atom stereocenters. The number of methoxy groups -OCH3 is 1. The van der Waals surface area contributed by atoms with Crippen molar-refractivity contribution in [3.05, 3.63) is 48.3 Å². The first-order chi connectivity index (χ1) is 8.29. The molecule has 2 rings (SSSR count). The molecule has 2 aromatic rings. The summed E-state index contributed by atoms with van der Waals surface area (Å²) in [6.45, 7) is 0. The second kappa shape index (κ2) is 5.59. The first-order valence-corrected chi connectivity index (χ1v) is 6.24. The highest BCUT2D eigenvalue weighted by Crippen LogP contribution is 2.32. The third-order valence-corrected chi connectivity index (χ3v) is 3.38. The Bertz CT molecular complexity index is 488. The van der Waals surface area contributed by atoms with Crippen molar-refractivity contribution in [1.29, 1.82) is 0 Å². The minimum absolute atomic E-state index is 0.712. The van der Waals surface area contributed by atoms with Crippen LogP contribution in [0.3, 0.4) is 0 Å². The number of hydrogen-bond donors (Lipinski definition) is 1. The predicted octanol–water partition coefficient (Wildman–Crippen LogP) is 2.96. The smallest absolute Gasteiger partial charge is 0.134 e. The zero-order valence-electron chi connectivity index (χ0n) is 9.59. The maximum Gasteiger partial charge on any atom is 0.134 e. The van der Waals surface area contributed by atoms with Crippen LogP contribution in [0.1, 0.15) is 5.69 Å². The summed E-state index contributed by atoms with van der Waals surface area (Å²) in [5.74, 6) is 1.63. The van der Waals surface area contributed by atoms with Crippen LogP contribution in [0.5, 0.6) is 5.75 Å². The molecule has 0 aliphatic carbocycles. The summed E-state index contributed by atoms with van der Waals surface area (Å²) in [6, 6.07) is 11.6. The highest BCUT2D eigenvalue weighted by Gasteiger charge is 2.04. The van der Waals surface area contributed by atoms with Gasteiger partial charge in [0.05, 0.1) is 12.8 Å². The Morgan fingerprint density at radius 1 is 1.29 bits per heavy atom. The number of rotatable bonds is 4. The van der Waals surface area contributed by atoms with Crippen molar-refractivity contribution >= 4 is 17.4 Å². The van der Waals surface area contributed by atoms with E-state index in [0.29, 0.717) is 5.69 Å². The van der Waals surface area contributed by atoms with Crippen LogP contribution in [0.2, 0.25) is 0 Å². The van der Waals surface area contributed by atoms with Gasteiger partial charge in [-0.15, -0.1) is 11.8 Å². The molecule has 0 saturated heterocycles. The van der Waals surface area contributed by atoms with Crippen LogP contribution in [-0.2, 0) is 5.75 Å². The number of aromatic nitrogens is 1. The molecule has 0 fully saturated rings. The van der Waals surface area contributed by atoms with Crippen molar-refractivity contribution in [2.45, 2.75) is 10.6 Å². The predicted molar refractivity (Wildman–Crippen MR) is 71.2 cm³/mol. The van der Waals surface area contributed by atoms with Gasteiger partial charge in [-0.25, -0.2) is 0 Å². The Balaban J connectivity index is 2.09. The van der Waals surface area contributed by atoms with Gasteiger partial charge in [0.2, 0.25) is 0 Å². The molecular formula is C13H14N2OS. The number of nitrogens with two attached hydrogens (primary N) is 1. The van der Waals surface area contributed by atoms with Gasteiger partial charge in [-0.3, -0.25) is 4.98 Å². The lowest BCUT2D eigenvalue weighted by atomic mass is 10.3. The summed E-state index contributed by atoms with van der Waals surface area (Å²) in [6.07, 6.45) is 1.80. The van der Waals surface area contributed by atoms with Gasteiger partial charge in [-0.2, -0.15) is 0 Å². The van der Waals surface area contributed by atoms with Crippen molar-refractivity contribution in [2.24, 2.45) is 0 Å². The minimum Gasteiger partial charge on any atom is -0.496 e. The monoisotopic (exact) mass is 246 g/mol.